The normalized spacial score (nSPS) is 15.2. The maximum absolute atomic E-state index is 12.9. The number of aryl methyl sites for hydroxylation is 1. The van der Waals surface area contributed by atoms with E-state index in [1.165, 1.54) is 11.3 Å². The minimum absolute atomic E-state index is 0.0799. The highest BCUT2D eigenvalue weighted by molar-refractivity contribution is 7.20. The summed E-state index contributed by atoms with van der Waals surface area (Å²) in [7, 11) is 1.62. The molecule has 0 saturated carbocycles. The molecule has 4 aromatic rings. The van der Waals surface area contributed by atoms with E-state index < -0.39 is 0 Å². The van der Waals surface area contributed by atoms with Gasteiger partial charge in [-0.3, -0.25) is 4.79 Å². The lowest BCUT2D eigenvalue weighted by Gasteiger charge is -2.26. The van der Waals surface area contributed by atoms with Crippen molar-refractivity contribution in [2.24, 2.45) is 0 Å². The van der Waals surface area contributed by atoms with Crippen molar-refractivity contribution in [3.63, 3.8) is 0 Å². The first kappa shape index (κ1) is 22.2. The van der Waals surface area contributed by atoms with Crippen LogP contribution in [0.5, 0.6) is 17.2 Å². The molecule has 8 nitrogen and oxygen atoms in total. The average molecular weight is 479 g/mol. The van der Waals surface area contributed by atoms with Crippen LogP contribution < -0.4 is 19.5 Å². The first-order chi connectivity index (χ1) is 16.5. The van der Waals surface area contributed by atoms with E-state index in [1.54, 1.807) is 11.8 Å². The van der Waals surface area contributed by atoms with Gasteiger partial charge in [0.25, 0.3) is 0 Å². The van der Waals surface area contributed by atoms with Crippen molar-refractivity contribution < 1.29 is 19.0 Å². The van der Waals surface area contributed by atoms with Crippen molar-refractivity contribution in [2.75, 3.05) is 25.6 Å². The number of benzene rings is 2. The van der Waals surface area contributed by atoms with Crippen LogP contribution in [0.1, 0.15) is 43.0 Å². The summed E-state index contributed by atoms with van der Waals surface area (Å²) in [4.78, 5) is 17.6. The van der Waals surface area contributed by atoms with E-state index in [0.29, 0.717) is 42.1 Å². The highest BCUT2D eigenvalue weighted by Crippen LogP contribution is 2.46. The van der Waals surface area contributed by atoms with Gasteiger partial charge < -0.3 is 19.5 Å². The number of anilines is 1. The molecule has 2 aromatic carbocycles. The predicted octanol–water partition coefficient (Wildman–Crippen LogP) is 5.07. The fourth-order valence-electron chi connectivity index (χ4n) is 4.46. The minimum Gasteiger partial charge on any atom is -0.494 e. The molecule has 0 bridgehead atoms. The average Bonchev–Trinajstić information content (AvgIpc) is 3.39. The number of thiazole rings is 1. The Balaban J connectivity index is 1.63. The number of amides is 1. The van der Waals surface area contributed by atoms with Gasteiger partial charge in [0.2, 0.25) is 11.0 Å². The largest absolute Gasteiger partial charge is 0.494 e. The van der Waals surface area contributed by atoms with Gasteiger partial charge in [-0.1, -0.05) is 23.5 Å². The lowest BCUT2D eigenvalue weighted by atomic mass is 9.85. The summed E-state index contributed by atoms with van der Waals surface area (Å²) in [6.45, 7) is 6.94. The molecule has 1 atom stereocenters. The summed E-state index contributed by atoms with van der Waals surface area (Å²) in [6.07, 6.45) is 0.296. The Kier molecular flexibility index (Phi) is 5.87. The molecular formula is C25H26N4O4S. The maximum Gasteiger partial charge on any atom is 0.226 e. The van der Waals surface area contributed by atoms with Crippen molar-refractivity contribution in [1.82, 2.24) is 14.8 Å². The van der Waals surface area contributed by atoms with E-state index in [2.05, 4.69) is 5.32 Å². The number of rotatable bonds is 7. The van der Waals surface area contributed by atoms with Crippen LogP contribution in [0, 0.1) is 6.92 Å². The third-order valence-electron chi connectivity index (χ3n) is 5.84. The fraction of sp³-hybridized carbons (Fsp3) is 0.320. The summed E-state index contributed by atoms with van der Waals surface area (Å²) in [5.74, 6) is 2.46. The van der Waals surface area contributed by atoms with Crippen LogP contribution in [-0.2, 0) is 4.79 Å². The molecule has 0 radical (unpaired) electrons. The summed E-state index contributed by atoms with van der Waals surface area (Å²) in [5, 5.41) is 8.51. The van der Waals surface area contributed by atoms with Gasteiger partial charge >= 0.3 is 0 Å². The Hall–Kier alpha value is -3.59. The molecule has 1 amide bonds. The Labute approximate surface area is 201 Å². The van der Waals surface area contributed by atoms with Crippen LogP contribution in [-0.4, -0.2) is 41.0 Å². The van der Waals surface area contributed by atoms with Gasteiger partial charge in [-0.25, -0.2) is 4.98 Å². The molecule has 176 valence electrons. The maximum atomic E-state index is 12.9. The molecular weight excluding hydrogens is 452 g/mol. The number of fused-ring (bicyclic) bond motifs is 2. The molecule has 34 heavy (non-hydrogen) atoms. The smallest absolute Gasteiger partial charge is 0.226 e. The quantitative estimate of drug-likeness (QED) is 0.399. The van der Waals surface area contributed by atoms with Gasteiger partial charge in [-0.2, -0.15) is 9.78 Å². The van der Waals surface area contributed by atoms with Crippen molar-refractivity contribution in [1.29, 1.82) is 0 Å². The van der Waals surface area contributed by atoms with Crippen LogP contribution in [0.15, 0.2) is 36.4 Å². The standard InChI is InChI=1S/C25H26N4O4S/c1-5-32-15-10-11-18-20(12-15)34-25(26-18)29-24-22(14(3)28-29)17(13-21(30)27-24)16-8-7-9-19(31-4)23(16)33-6-2/h7-12,17H,5-6,13H2,1-4H3,(H,27,30)/t17-/m0/s1. The van der Waals surface area contributed by atoms with E-state index in [-0.39, 0.29) is 11.8 Å². The number of carbonyl (C=O) groups excluding carboxylic acids is 1. The molecule has 3 heterocycles. The van der Waals surface area contributed by atoms with Crippen LogP contribution in [0.25, 0.3) is 15.3 Å². The molecule has 0 saturated heterocycles. The Morgan fingerprint density at radius 2 is 2.00 bits per heavy atom. The lowest BCUT2D eigenvalue weighted by molar-refractivity contribution is -0.116. The number of nitrogens with one attached hydrogen (secondary N) is 1. The molecule has 1 aliphatic heterocycles. The van der Waals surface area contributed by atoms with Gasteiger partial charge in [0.1, 0.15) is 11.6 Å². The number of ether oxygens (including phenoxy) is 3. The molecule has 0 spiro atoms. The Morgan fingerprint density at radius 1 is 1.18 bits per heavy atom. The van der Waals surface area contributed by atoms with E-state index in [0.717, 1.165) is 32.8 Å². The number of hydrogen-bond donors (Lipinski definition) is 1. The first-order valence-electron chi connectivity index (χ1n) is 11.3. The predicted molar refractivity (Wildman–Crippen MR) is 132 cm³/mol. The lowest BCUT2D eigenvalue weighted by Crippen LogP contribution is -2.25. The molecule has 1 N–H and O–H groups in total. The van der Waals surface area contributed by atoms with Gasteiger partial charge in [0.15, 0.2) is 11.5 Å². The highest BCUT2D eigenvalue weighted by Gasteiger charge is 2.35. The first-order valence-corrected chi connectivity index (χ1v) is 12.1. The number of methoxy groups -OCH3 is 1. The van der Waals surface area contributed by atoms with Crippen LogP contribution in [0.4, 0.5) is 5.82 Å². The van der Waals surface area contributed by atoms with E-state index in [1.807, 2.05) is 57.2 Å². The number of hydrogen-bond acceptors (Lipinski definition) is 7. The number of carbonyl (C=O) groups is 1. The SMILES string of the molecule is CCOc1ccc2nc(-n3nc(C)c4c3NC(=O)C[C@H]4c3cccc(OC)c3OCC)sc2c1. The Morgan fingerprint density at radius 3 is 2.76 bits per heavy atom. The molecule has 1 aliphatic rings. The molecule has 9 heteroatoms. The van der Waals surface area contributed by atoms with Crippen molar-refractivity contribution in [3.8, 4) is 22.4 Å². The zero-order valence-electron chi connectivity index (χ0n) is 19.5. The fourth-order valence-corrected chi connectivity index (χ4v) is 5.41. The van der Waals surface area contributed by atoms with Crippen LogP contribution >= 0.6 is 11.3 Å². The topological polar surface area (TPSA) is 87.5 Å². The van der Waals surface area contributed by atoms with Gasteiger partial charge in [-0.15, -0.1) is 0 Å². The third kappa shape index (κ3) is 3.75. The monoisotopic (exact) mass is 478 g/mol. The van der Waals surface area contributed by atoms with E-state index >= 15 is 0 Å². The summed E-state index contributed by atoms with van der Waals surface area (Å²) >= 11 is 1.51. The summed E-state index contributed by atoms with van der Waals surface area (Å²) < 4.78 is 19.9. The number of aromatic nitrogens is 3. The second kappa shape index (κ2) is 8.98. The van der Waals surface area contributed by atoms with Crippen molar-refractivity contribution in [2.45, 2.75) is 33.1 Å². The zero-order chi connectivity index (χ0) is 23.8. The molecule has 2 aromatic heterocycles. The Bertz CT molecular complexity index is 1380. The minimum atomic E-state index is -0.215. The molecule has 5 rings (SSSR count). The summed E-state index contributed by atoms with van der Waals surface area (Å²) in [6, 6.07) is 11.6. The van der Waals surface area contributed by atoms with E-state index in [9.17, 15) is 4.79 Å². The third-order valence-corrected chi connectivity index (χ3v) is 6.83. The number of para-hydroxylation sites is 1. The van der Waals surface area contributed by atoms with E-state index in [4.69, 9.17) is 24.3 Å². The van der Waals surface area contributed by atoms with Gasteiger partial charge in [0, 0.05) is 23.5 Å². The second-order valence-electron chi connectivity index (χ2n) is 7.94. The molecule has 0 unspecified atom stereocenters. The van der Waals surface area contributed by atoms with Gasteiger partial charge in [0.05, 0.1) is 36.2 Å². The molecule has 0 aliphatic carbocycles. The summed E-state index contributed by atoms with van der Waals surface area (Å²) in [5.41, 5.74) is 3.56. The number of nitrogens with zero attached hydrogens (tertiary/aromatic N) is 3. The molecule has 0 fully saturated rings. The van der Waals surface area contributed by atoms with Gasteiger partial charge in [-0.05, 0) is 45.0 Å². The van der Waals surface area contributed by atoms with Crippen molar-refractivity contribution >= 4 is 33.3 Å². The zero-order valence-corrected chi connectivity index (χ0v) is 20.4. The van der Waals surface area contributed by atoms with Crippen molar-refractivity contribution in [3.05, 3.63) is 53.2 Å². The highest BCUT2D eigenvalue weighted by atomic mass is 32.1. The van der Waals surface area contributed by atoms with Crippen LogP contribution in [0.2, 0.25) is 0 Å². The second-order valence-corrected chi connectivity index (χ2v) is 8.94. The van der Waals surface area contributed by atoms with Crippen LogP contribution in [0.3, 0.4) is 0 Å².